The molecule has 8 heteroatoms. The van der Waals surface area contributed by atoms with E-state index in [1.54, 1.807) is 54.6 Å². The van der Waals surface area contributed by atoms with Crippen LogP contribution in [0.1, 0.15) is 16.1 Å². The molecule has 0 radical (unpaired) electrons. The highest BCUT2D eigenvalue weighted by atomic mass is 19.4. The van der Waals surface area contributed by atoms with Crippen molar-refractivity contribution in [2.24, 2.45) is 0 Å². The fourth-order valence-electron chi connectivity index (χ4n) is 2.77. The van der Waals surface area contributed by atoms with Crippen molar-refractivity contribution in [3.05, 3.63) is 84.3 Å². The average molecular weight is 398 g/mol. The van der Waals surface area contributed by atoms with Crippen molar-refractivity contribution in [1.82, 2.24) is 4.98 Å². The number of carbonyl (C=O) groups excluding carboxylic acids is 1. The lowest BCUT2D eigenvalue weighted by atomic mass is 10.1. The third kappa shape index (κ3) is 3.77. The standard InChI is InChI=1S/C21H13F3N2O3/c22-21(23,24)15-11-12-28-17(15)18(27)26-20-16(13-7-3-1-4-8-13)25-19(29-20)14-9-5-2-6-10-14/h1-12H,(H,26,27). The van der Waals surface area contributed by atoms with E-state index in [2.05, 4.69) is 10.3 Å². The van der Waals surface area contributed by atoms with Crippen LogP contribution in [0.15, 0.2) is 81.8 Å². The first-order valence-electron chi connectivity index (χ1n) is 8.51. The molecule has 146 valence electrons. The van der Waals surface area contributed by atoms with Crippen molar-refractivity contribution in [3.8, 4) is 22.7 Å². The first-order chi connectivity index (χ1) is 13.9. The number of benzene rings is 2. The van der Waals surface area contributed by atoms with Gasteiger partial charge in [0.15, 0.2) is 0 Å². The maximum absolute atomic E-state index is 13.1. The zero-order chi connectivity index (χ0) is 20.4. The molecule has 0 unspecified atom stereocenters. The molecule has 2 heterocycles. The number of anilines is 1. The monoisotopic (exact) mass is 398 g/mol. The number of amides is 1. The van der Waals surface area contributed by atoms with Crippen molar-refractivity contribution < 1.29 is 26.8 Å². The second kappa shape index (κ2) is 7.31. The van der Waals surface area contributed by atoms with Crippen LogP contribution in [0.3, 0.4) is 0 Å². The summed E-state index contributed by atoms with van der Waals surface area (Å²) in [6.45, 7) is 0. The molecular formula is C21H13F3N2O3. The van der Waals surface area contributed by atoms with Gasteiger partial charge in [-0.25, -0.2) is 4.98 Å². The second-order valence-electron chi connectivity index (χ2n) is 6.04. The first-order valence-corrected chi connectivity index (χ1v) is 8.51. The van der Waals surface area contributed by atoms with E-state index in [0.717, 1.165) is 6.26 Å². The Bertz CT molecular complexity index is 1130. The molecule has 0 atom stereocenters. The molecule has 0 aliphatic heterocycles. The quantitative estimate of drug-likeness (QED) is 0.467. The number of nitrogens with one attached hydrogen (secondary N) is 1. The summed E-state index contributed by atoms with van der Waals surface area (Å²) in [5, 5.41) is 2.35. The lowest BCUT2D eigenvalue weighted by Crippen LogP contribution is -2.17. The van der Waals surface area contributed by atoms with E-state index in [-0.39, 0.29) is 17.5 Å². The summed E-state index contributed by atoms with van der Waals surface area (Å²) in [5.74, 6) is -1.80. The van der Waals surface area contributed by atoms with Gasteiger partial charge < -0.3 is 8.83 Å². The largest absolute Gasteiger partial charge is 0.459 e. The summed E-state index contributed by atoms with van der Waals surface area (Å²) < 4.78 is 49.7. The molecule has 29 heavy (non-hydrogen) atoms. The van der Waals surface area contributed by atoms with E-state index >= 15 is 0 Å². The summed E-state index contributed by atoms with van der Waals surface area (Å²) in [4.78, 5) is 16.9. The van der Waals surface area contributed by atoms with Gasteiger partial charge in [0.05, 0.1) is 6.26 Å². The molecule has 0 saturated heterocycles. The van der Waals surface area contributed by atoms with E-state index < -0.39 is 23.4 Å². The lowest BCUT2D eigenvalue weighted by Gasteiger charge is -2.07. The van der Waals surface area contributed by atoms with Crippen LogP contribution < -0.4 is 5.32 Å². The highest BCUT2D eigenvalue weighted by Crippen LogP contribution is 2.35. The van der Waals surface area contributed by atoms with Gasteiger partial charge in [-0.15, -0.1) is 0 Å². The molecule has 1 amide bonds. The predicted octanol–water partition coefficient (Wildman–Crippen LogP) is 5.87. The van der Waals surface area contributed by atoms with Crippen LogP contribution in [0, 0.1) is 0 Å². The van der Waals surface area contributed by atoms with Gasteiger partial charge in [-0.3, -0.25) is 10.1 Å². The fraction of sp³-hybridized carbons (Fsp3) is 0.0476. The van der Waals surface area contributed by atoms with Gasteiger partial charge in [-0.05, 0) is 18.2 Å². The Labute approximate surface area is 162 Å². The van der Waals surface area contributed by atoms with Crippen molar-refractivity contribution >= 4 is 11.8 Å². The first kappa shape index (κ1) is 18.5. The number of carbonyl (C=O) groups is 1. The zero-order valence-electron chi connectivity index (χ0n) is 14.7. The highest BCUT2D eigenvalue weighted by molar-refractivity contribution is 6.04. The number of aromatic nitrogens is 1. The Kier molecular flexibility index (Phi) is 4.67. The Morgan fingerprint density at radius 1 is 0.897 bits per heavy atom. The van der Waals surface area contributed by atoms with Crippen molar-refractivity contribution in [2.75, 3.05) is 5.32 Å². The van der Waals surface area contributed by atoms with Gasteiger partial charge in [0, 0.05) is 11.1 Å². The number of furan rings is 1. The van der Waals surface area contributed by atoms with Crippen molar-refractivity contribution in [2.45, 2.75) is 6.18 Å². The smallest absolute Gasteiger partial charge is 0.420 e. The van der Waals surface area contributed by atoms with Crippen molar-refractivity contribution in [3.63, 3.8) is 0 Å². The van der Waals surface area contributed by atoms with E-state index in [9.17, 15) is 18.0 Å². The predicted molar refractivity (Wildman–Crippen MR) is 99.0 cm³/mol. The molecule has 0 bridgehead atoms. The minimum atomic E-state index is -4.72. The summed E-state index contributed by atoms with van der Waals surface area (Å²) in [6.07, 6.45) is -3.91. The summed E-state index contributed by atoms with van der Waals surface area (Å²) in [7, 11) is 0. The van der Waals surface area contributed by atoms with Gasteiger partial charge >= 0.3 is 6.18 Å². The molecule has 0 fully saturated rings. The molecule has 0 spiro atoms. The maximum Gasteiger partial charge on any atom is 0.420 e. The Balaban J connectivity index is 1.74. The molecule has 0 saturated carbocycles. The SMILES string of the molecule is O=C(Nc1oc(-c2ccccc2)nc1-c1ccccc1)c1occc1C(F)(F)F. The van der Waals surface area contributed by atoms with E-state index in [1.165, 1.54) is 0 Å². The van der Waals surface area contributed by atoms with Crippen LogP contribution >= 0.6 is 0 Å². The van der Waals surface area contributed by atoms with E-state index in [1.807, 2.05) is 6.07 Å². The molecule has 0 aliphatic carbocycles. The zero-order valence-corrected chi connectivity index (χ0v) is 14.7. The second-order valence-corrected chi connectivity index (χ2v) is 6.04. The van der Waals surface area contributed by atoms with Crippen LogP contribution in [-0.4, -0.2) is 10.9 Å². The molecule has 2 aromatic carbocycles. The molecular weight excluding hydrogens is 385 g/mol. The van der Waals surface area contributed by atoms with Crippen molar-refractivity contribution in [1.29, 1.82) is 0 Å². The number of hydrogen-bond donors (Lipinski definition) is 1. The number of alkyl halides is 3. The number of hydrogen-bond acceptors (Lipinski definition) is 4. The Morgan fingerprint density at radius 2 is 1.52 bits per heavy atom. The molecule has 5 nitrogen and oxygen atoms in total. The maximum atomic E-state index is 13.1. The molecule has 2 aromatic heterocycles. The van der Waals surface area contributed by atoms with Crippen LogP contribution in [0.4, 0.5) is 19.1 Å². The number of rotatable bonds is 4. The van der Waals surface area contributed by atoms with Gasteiger partial charge in [-0.2, -0.15) is 13.2 Å². The van der Waals surface area contributed by atoms with E-state index in [4.69, 9.17) is 8.83 Å². The minimum Gasteiger partial charge on any atom is -0.459 e. The van der Waals surface area contributed by atoms with Crippen LogP contribution in [0.2, 0.25) is 0 Å². The highest BCUT2D eigenvalue weighted by Gasteiger charge is 2.38. The summed E-state index contributed by atoms with van der Waals surface area (Å²) >= 11 is 0. The number of oxazole rings is 1. The third-order valence-electron chi connectivity index (χ3n) is 4.10. The number of halogens is 3. The van der Waals surface area contributed by atoms with Gasteiger partial charge in [0.1, 0.15) is 11.3 Å². The van der Waals surface area contributed by atoms with Crippen LogP contribution in [0.5, 0.6) is 0 Å². The van der Waals surface area contributed by atoms with Gasteiger partial charge in [0.25, 0.3) is 5.91 Å². The number of nitrogens with zero attached hydrogens (tertiary/aromatic N) is 1. The fourth-order valence-corrected chi connectivity index (χ4v) is 2.77. The topological polar surface area (TPSA) is 68.3 Å². The molecule has 0 aliphatic rings. The lowest BCUT2D eigenvalue weighted by molar-refractivity contribution is -0.138. The normalized spacial score (nSPS) is 11.4. The Hall–Kier alpha value is -3.81. The van der Waals surface area contributed by atoms with Gasteiger partial charge in [0.2, 0.25) is 17.5 Å². The summed E-state index contributed by atoms with van der Waals surface area (Å²) in [6, 6.07) is 18.5. The minimum absolute atomic E-state index is 0.0791. The van der Waals surface area contributed by atoms with Crippen LogP contribution in [0.25, 0.3) is 22.7 Å². The molecule has 4 aromatic rings. The average Bonchev–Trinajstić information content (AvgIpc) is 3.37. The van der Waals surface area contributed by atoms with Crippen LogP contribution in [-0.2, 0) is 6.18 Å². The third-order valence-corrected chi connectivity index (χ3v) is 4.10. The molecule has 1 N–H and O–H groups in total. The van der Waals surface area contributed by atoms with E-state index in [0.29, 0.717) is 17.2 Å². The van der Waals surface area contributed by atoms with Gasteiger partial charge in [-0.1, -0.05) is 48.5 Å². The molecule has 4 rings (SSSR count). The summed E-state index contributed by atoms with van der Waals surface area (Å²) in [5.41, 5.74) is 0.403. The Morgan fingerprint density at radius 3 is 2.14 bits per heavy atom.